The maximum absolute atomic E-state index is 12.2. The molecule has 0 bridgehead atoms. The molecule has 1 aromatic carbocycles. The number of carbonyl (C=O) groups is 2. The van der Waals surface area contributed by atoms with E-state index in [1.54, 1.807) is 30.3 Å². The number of thiophene rings is 1. The number of benzene rings is 1. The summed E-state index contributed by atoms with van der Waals surface area (Å²) in [5.41, 5.74) is 0.337. The van der Waals surface area contributed by atoms with Crippen molar-refractivity contribution in [3.05, 3.63) is 44.6 Å². The molecule has 0 atom stereocenters. The van der Waals surface area contributed by atoms with Crippen molar-refractivity contribution >= 4 is 39.0 Å². The van der Waals surface area contributed by atoms with Gasteiger partial charge in [-0.15, -0.1) is 11.3 Å². The van der Waals surface area contributed by atoms with E-state index in [9.17, 15) is 9.59 Å². The fraction of sp³-hybridized carbons (Fsp3) is 0.200. The van der Waals surface area contributed by atoms with Gasteiger partial charge in [-0.05, 0) is 40.2 Å². The minimum atomic E-state index is -0.531. The summed E-state index contributed by atoms with van der Waals surface area (Å²) < 4.78 is 16.1. The van der Waals surface area contributed by atoms with E-state index in [-0.39, 0.29) is 12.4 Å². The molecule has 2 rings (SSSR count). The standard InChI is InChI=1S/C15H13BrO5S/c1-19-9-3-4-10(12(7-9)20-2)11(17)8-21-15(18)13-5-6-14(16)22-13/h3-7H,8H2,1-2H3. The quantitative estimate of drug-likeness (QED) is 0.562. The van der Waals surface area contributed by atoms with E-state index in [4.69, 9.17) is 14.2 Å². The van der Waals surface area contributed by atoms with Gasteiger partial charge in [0.1, 0.15) is 16.4 Å². The van der Waals surface area contributed by atoms with Crippen LogP contribution in [-0.2, 0) is 4.74 Å². The molecule has 0 N–H and O–H groups in total. The molecule has 0 saturated heterocycles. The summed E-state index contributed by atoms with van der Waals surface area (Å²) in [6, 6.07) is 8.21. The van der Waals surface area contributed by atoms with Gasteiger partial charge in [0.05, 0.1) is 23.6 Å². The smallest absolute Gasteiger partial charge is 0.348 e. The molecular weight excluding hydrogens is 372 g/mol. The maximum Gasteiger partial charge on any atom is 0.348 e. The number of ketones is 1. The van der Waals surface area contributed by atoms with Crippen molar-refractivity contribution in [2.24, 2.45) is 0 Å². The fourth-order valence-electron chi connectivity index (χ4n) is 1.73. The van der Waals surface area contributed by atoms with Crippen molar-refractivity contribution in [3.8, 4) is 11.5 Å². The molecule has 116 valence electrons. The normalized spacial score (nSPS) is 10.1. The summed E-state index contributed by atoms with van der Waals surface area (Å²) in [7, 11) is 2.98. The Labute approximate surface area is 139 Å². The molecule has 1 aromatic heterocycles. The zero-order valence-electron chi connectivity index (χ0n) is 11.9. The van der Waals surface area contributed by atoms with Crippen LogP contribution in [0.2, 0.25) is 0 Å². The Morgan fingerprint density at radius 1 is 1.14 bits per heavy atom. The van der Waals surface area contributed by atoms with Gasteiger partial charge >= 0.3 is 5.97 Å². The van der Waals surface area contributed by atoms with E-state index >= 15 is 0 Å². The van der Waals surface area contributed by atoms with Crippen LogP contribution in [0.4, 0.5) is 0 Å². The number of halogens is 1. The molecule has 0 aliphatic carbocycles. The fourth-order valence-corrected chi connectivity index (χ4v) is 3.01. The molecule has 1 heterocycles. The van der Waals surface area contributed by atoms with Gasteiger partial charge in [0, 0.05) is 6.07 Å². The van der Waals surface area contributed by atoms with E-state index in [1.807, 2.05) is 0 Å². The molecule has 0 amide bonds. The van der Waals surface area contributed by atoms with Crippen molar-refractivity contribution in [1.82, 2.24) is 0 Å². The van der Waals surface area contributed by atoms with E-state index in [0.29, 0.717) is 21.9 Å². The van der Waals surface area contributed by atoms with E-state index < -0.39 is 5.97 Å². The average molecular weight is 385 g/mol. The summed E-state index contributed by atoms with van der Waals surface area (Å²) in [4.78, 5) is 24.4. The molecule has 7 heteroatoms. The summed E-state index contributed by atoms with van der Waals surface area (Å²) in [6.45, 7) is -0.350. The third-order valence-corrected chi connectivity index (χ3v) is 4.42. The van der Waals surface area contributed by atoms with Crippen molar-refractivity contribution < 1.29 is 23.8 Å². The Bertz CT molecular complexity index is 695. The SMILES string of the molecule is COc1ccc(C(=O)COC(=O)c2ccc(Br)s2)c(OC)c1. The highest BCUT2D eigenvalue weighted by Gasteiger charge is 2.17. The first-order valence-electron chi connectivity index (χ1n) is 6.23. The molecule has 22 heavy (non-hydrogen) atoms. The van der Waals surface area contributed by atoms with Crippen LogP contribution in [0.1, 0.15) is 20.0 Å². The lowest BCUT2D eigenvalue weighted by Gasteiger charge is -2.09. The topological polar surface area (TPSA) is 61.8 Å². The Balaban J connectivity index is 2.04. The van der Waals surface area contributed by atoms with Crippen LogP contribution in [0.15, 0.2) is 34.1 Å². The number of ether oxygens (including phenoxy) is 3. The van der Waals surface area contributed by atoms with Gasteiger partial charge in [-0.1, -0.05) is 0 Å². The number of esters is 1. The molecule has 2 aromatic rings. The first-order valence-corrected chi connectivity index (χ1v) is 7.83. The summed E-state index contributed by atoms with van der Waals surface area (Å²) in [5.74, 6) is 0.0769. The zero-order valence-corrected chi connectivity index (χ0v) is 14.3. The molecule has 0 radical (unpaired) electrons. The molecular formula is C15H13BrO5S. The second-order valence-corrected chi connectivity index (χ2v) is 6.63. The summed E-state index contributed by atoms with van der Waals surface area (Å²) in [5, 5.41) is 0. The number of methoxy groups -OCH3 is 2. The predicted octanol–water partition coefficient (Wildman–Crippen LogP) is 3.57. The summed E-state index contributed by atoms with van der Waals surface area (Å²) >= 11 is 4.51. The number of Topliss-reactive ketones (excluding diaryl/α,β-unsaturated/α-hetero) is 1. The minimum Gasteiger partial charge on any atom is -0.497 e. The molecule has 0 aliphatic heterocycles. The minimum absolute atomic E-state index is 0.337. The van der Waals surface area contributed by atoms with Crippen LogP contribution in [0.25, 0.3) is 0 Å². The Hall–Kier alpha value is -1.86. The first kappa shape index (κ1) is 16.5. The van der Waals surface area contributed by atoms with Gasteiger partial charge < -0.3 is 14.2 Å². The third kappa shape index (κ3) is 3.86. The van der Waals surface area contributed by atoms with Gasteiger partial charge in [0.2, 0.25) is 5.78 Å². The molecule has 0 spiro atoms. The van der Waals surface area contributed by atoms with Crippen LogP contribution >= 0.6 is 27.3 Å². The van der Waals surface area contributed by atoms with Crippen molar-refractivity contribution in [2.75, 3.05) is 20.8 Å². The molecule has 0 aliphatic rings. The lowest BCUT2D eigenvalue weighted by Crippen LogP contribution is -2.14. The van der Waals surface area contributed by atoms with Crippen molar-refractivity contribution in [1.29, 1.82) is 0 Å². The van der Waals surface area contributed by atoms with Gasteiger partial charge in [0.25, 0.3) is 0 Å². The lowest BCUT2D eigenvalue weighted by molar-refractivity contribution is 0.0478. The zero-order chi connectivity index (χ0) is 16.1. The third-order valence-electron chi connectivity index (χ3n) is 2.82. The second-order valence-electron chi connectivity index (χ2n) is 4.17. The van der Waals surface area contributed by atoms with Crippen molar-refractivity contribution in [2.45, 2.75) is 0 Å². The Morgan fingerprint density at radius 2 is 1.91 bits per heavy atom. The highest BCUT2D eigenvalue weighted by atomic mass is 79.9. The average Bonchev–Trinajstić information content (AvgIpc) is 2.98. The van der Waals surface area contributed by atoms with Gasteiger partial charge in [-0.2, -0.15) is 0 Å². The number of rotatable bonds is 6. The van der Waals surface area contributed by atoms with E-state index in [0.717, 1.165) is 3.79 Å². The number of carbonyl (C=O) groups excluding carboxylic acids is 2. The van der Waals surface area contributed by atoms with Crippen LogP contribution < -0.4 is 9.47 Å². The molecule has 0 fully saturated rings. The molecule has 0 unspecified atom stereocenters. The van der Waals surface area contributed by atoms with Crippen LogP contribution in [-0.4, -0.2) is 32.6 Å². The van der Waals surface area contributed by atoms with E-state index in [1.165, 1.54) is 25.6 Å². The number of hydrogen-bond acceptors (Lipinski definition) is 6. The molecule has 5 nitrogen and oxygen atoms in total. The first-order chi connectivity index (χ1) is 10.5. The Morgan fingerprint density at radius 3 is 2.50 bits per heavy atom. The van der Waals surface area contributed by atoms with Gasteiger partial charge in [-0.3, -0.25) is 4.79 Å². The second kappa shape index (κ2) is 7.42. The Kier molecular flexibility index (Phi) is 5.57. The van der Waals surface area contributed by atoms with E-state index in [2.05, 4.69) is 15.9 Å². The van der Waals surface area contributed by atoms with Gasteiger partial charge in [-0.25, -0.2) is 4.79 Å². The van der Waals surface area contributed by atoms with Crippen molar-refractivity contribution in [3.63, 3.8) is 0 Å². The summed E-state index contributed by atoms with van der Waals surface area (Å²) in [6.07, 6.45) is 0. The highest BCUT2D eigenvalue weighted by Crippen LogP contribution is 2.25. The molecule has 0 saturated carbocycles. The van der Waals surface area contributed by atoms with Crippen LogP contribution in [0.5, 0.6) is 11.5 Å². The largest absolute Gasteiger partial charge is 0.497 e. The predicted molar refractivity (Wildman–Crippen MR) is 86.2 cm³/mol. The van der Waals surface area contributed by atoms with Crippen LogP contribution in [0, 0.1) is 0 Å². The number of hydrogen-bond donors (Lipinski definition) is 0. The highest BCUT2D eigenvalue weighted by molar-refractivity contribution is 9.11. The monoisotopic (exact) mass is 384 g/mol. The van der Waals surface area contributed by atoms with Crippen LogP contribution in [0.3, 0.4) is 0 Å². The maximum atomic E-state index is 12.2. The van der Waals surface area contributed by atoms with Gasteiger partial charge in [0.15, 0.2) is 6.61 Å². The lowest BCUT2D eigenvalue weighted by atomic mass is 10.1.